The minimum absolute atomic E-state index is 0.217. The van der Waals surface area contributed by atoms with Crippen molar-refractivity contribution >= 4 is 5.91 Å². The third-order valence-corrected chi connectivity index (χ3v) is 11.7. The third-order valence-electron chi connectivity index (χ3n) is 11.7. The topological polar surface area (TPSA) is 149 Å². The van der Waals surface area contributed by atoms with Gasteiger partial charge >= 0.3 is 0 Å². The zero-order valence-electron chi connectivity index (χ0n) is 41.0. The molecular weight excluding hydrogens is 815 g/mol. The van der Waals surface area contributed by atoms with E-state index in [4.69, 9.17) is 9.47 Å². The van der Waals surface area contributed by atoms with E-state index in [0.29, 0.717) is 6.42 Å². The summed E-state index contributed by atoms with van der Waals surface area (Å²) in [5.41, 5.74) is 0. The zero-order chi connectivity index (χ0) is 47.3. The molecule has 372 valence electrons. The van der Waals surface area contributed by atoms with Gasteiger partial charge in [0.2, 0.25) is 5.91 Å². The van der Waals surface area contributed by atoms with Crippen LogP contribution >= 0.6 is 0 Å². The van der Waals surface area contributed by atoms with Crippen LogP contribution in [0.5, 0.6) is 0 Å². The summed E-state index contributed by atoms with van der Waals surface area (Å²) in [5.74, 6) is -0.238. The Kier molecular flexibility index (Phi) is 41.6. The maximum atomic E-state index is 13.0. The summed E-state index contributed by atoms with van der Waals surface area (Å²) in [6.45, 7) is 3.62. The highest BCUT2D eigenvalue weighted by molar-refractivity contribution is 5.76. The number of aliphatic hydroxyl groups is 5. The molecule has 1 aliphatic heterocycles. The fraction of sp³-hybridized carbons (Fsp3) is 0.696. The van der Waals surface area contributed by atoms with Crippen LogP contribution in [0.1, 0.15) is 194 Å². The molecule has 1 fully saturated rings. The Morgan fingerprint density at radius 2 is 0.954 bits per heavy atom. The first-order chi connectivity index (χ1) is 31.8. The van der Waals surface area contributed by atoms with Gasteiger partial charge in [-0.2, -0.15) is 0 Å². The van der Waals surface area contributed by atoms with Gasteiger partial charge in [0.1, 0.15) is 24.4 Å². The summed E-state index contributed by atoms with van der Waals surface area (Å²) in [6, 6.07) is -0.842. The predicted octanol–water partition coefficient (Wildman–Crippen LogP) is 12.1. The molecular formula is C56H95NO8. The van der Waals surface area contributed by atoms with Crippen LogP contribution in [0.25, 0.3) is 0 Å². The molecule has 9 heteroatoms. The van der Waals surface area contributed by atoms with Crippen LogP contribution in [0.15, 0.2) is 97.2 Å². The van der Waals surface area contributed by atoms with E-state index >= 15 is 0 Å². The first kappa shape index (κ1) is 60.1. The van der Waals surface area contributed by atoms with Crippen LogP contribution in [-0.2, 0) is 14.3 Å². The van der Waals surface area contributed by atoms with Crippen LogP contribution in [0.2, 0.25) is 0 Å². The van der Waals surface area contributed by atoms with Crippen molar-refractivity contribution in [3.8, 4) is 0 Å². The van der Waals surface area contributed by atoms with Gasteiger partial charge in [0.25, 0.3) is 0 Å². The molecule has 0 aromatic rings. The molecule has 0 aliphatic carbocycles. The van der Waals surface area contributed by atoms with Gasteiger partial charge in [-0.1, -0.05) is 214 Å². The van der Waals surface area contributed by atoms with Gasteiger partial charge in [-0.3, -0.25) is 4.79 Å². The maximum absolute atomic E-state index is 13.0. The molecule has 0 spiro atoms. The van der Waals surface area contributed by atoms with E-state index in [9.17, 15) is 30.3 Å². The van der Waals surface area contributed by atoms with Crippen LogP contribution in [0.4, 0.5) is 0 Å². The molecule has 6 N–H and O–H groups in total. The highest BCUT2D eigenvalue weighted by Crippen LogP contribution is 2.22. The Morgan fingerprint density at radius 1 is 0.538 bits per heavy atom. The van der Waals surface area contributed by atoms with Crippen LogP contribution in [0.3, 0.4) is 0 Å². The van der Waals surface area contributed by atoms with Gasteiger partial charge in [0, 0.05) is 6.42 Å². The third kappa shape index (κ3) is 35.0. The first-order valence-electron chi connectivity index (χ1n) is 26.0. The zero-order valence-corrected chi connectivity index (χ0v) is 41.0. The molecule has 0 radical (unpaired) electrons. The van der Waals surface area contributed by atoms with Gasteiger partial charge in [0.15, 0.2) is 6.29 Å². The van der Waals surface area contributed by atoms with Crippen molar-refractivity contribution in [1.29, 1.82) is 0 Å². The number of aliphatic hydroxyl groups excluding tert-OH is 5. The monoisotopic (exact) mass is 910 g/mol. The molecule has 7 unspecified atom stereocenters. The van der Waals surface area contributed by atoms with Gasteiger partial charge in [0.05, 0.1) is 25.4 Å². The number of nitrogens with one attached hydrogen (secondary N) is 1. The molecule has 1 heterocycles. The fourth-order valence-corrected chi connectivity index (χ4v) is 7.56. The number of hydrogen-bond acceptors (Lipinski definition) is 8. The van der Waals surface area contributed by atoms with Crippen molar-refractivity contribution in [3.63, 3.8) is 0 Å². The number of ether oxygens (including phenoxy) is 2. The standard InChI is InChI=1S/C56H95NO8/c1-3-5-7-9-11-13-15-17-19-21-23-24-25-26-28-30-32-34-36-38-40-42-44-46-52(60)57-49(48-64-56-55(63)54(62)53(61)51(47-58)65-56)50(59)45-43-41-39-37-35-33-31-29-27-22-20-18-16-14-12-10-8-6-4-2/h5,7,11,13,17,19,23-24,26,28,32,34,38,40,43,45,49-51,53-56,58-59,61-63H,3-4,6,8-10,12,14-16,18,20-22,25,27,29-31,33,35-37,39,41-42,44,46-48H2,1-2H3,(H,57,60)/b7-5-,13-11-,19-17-,24-23-,28-26-,34-32-,40-38-,45-43+. The number of rotatable bonds is 42. The van der Waals surface area contributed by atoms with Crippen molar-refractivity contribution in [1.82, 2.24) is 5.32 Å². The number of unbranched alkanes of at least 4 members (excludes halogenated alkanes) is 18. The van der Waals surface area contributed by atoms with Gasteiger partial charge in [-0.05, 0) is 70.6 Å². The molecule has 9 nitrogen and oxygen atoms in total. The van der Waals surface area contributed by atoms with E-state index in [1.165, 1.54) is 96.3 Å². The number of amides is 1. The van der Waals surface area contributed by atoms with Crippen LogP contribution < -0.4 is 5.32 Å². The lowest BCUT2D eigenvalue weighted by atomic mass is 9.99. The molecule has 0 aromatic carbocycles. The maximum Gasteiger partial charge on any atom is 0.220 e. The van der Waals surface area contributed by atoms with Gasteiger partial charge in [-0.15, -0.1) is 0 Å². The lowest BCUT2D eigenvalue weighted by Gasteiger charge is -2.40. The van der Waals surface area contributed by atoms with E-state index in [1.807, 2.05) is 6.08 Å². The molecule has 0 aromatic heterocycles. The summed E-state index contributed by atoms with van der Waals surface area (Å²) >= 11 is 0. The van der Waals surface area contributed by atoms with Gasteiger partial charge in [-0.25, -0.2) is 0 Å². The van der Waals surface area contributed by atoms with Crippen molar-refractivity contribution in [2.45, 2.75) is 236 Å². The summed E-state index contributed by atoms with van der Waals surface area (Å²) in [4.78, 5) is 13.0. The second kappa shape index (κ2) is 44.9. The van der Waals surface area contributed by atoms with Crippen molar-refractivity contribution < 1.29 is 39.8 Å². The lowest BCUT2D eigenvalue weighted by molar-refractivity contribution is -0.302. The van der Waals surface area contributed by atoms with E-state index < -0.39 is 49.5 Å². The molecule has 1 aliphatic rings. The number of allylic oxidation sites excluding steroid dienone is 15. The average Bonchev–Trinajstić information content (AvgIpc) is 3.31. The Morgan fingerprint density at radius 3 is 1.40 bits per heavy atom. The average molecular weight is 910 g/mol. The normalized spacial score (nSPS) is 20.8. The lowest BCUT2D eigenvalue weighted by Crippen LogP contribution is -2.60. The van der Waals surface area contributed by atoms with Gasteiger partial charge < -0.3 is 40.3 Å². The van der Waals surface area contributed by atoms with Crippen LogP contribution in [-0.4, -0.2) is 87.5 Å². The fourth-order valence-electron chi connectivity index (χ4n) is 7.56. The summed E-state index contributed by atoms with van der Waals surface area (Å²) in [5, 5.41) is 54.3. The quantitative estimate of drug-likeness (QED) is 0.0262. The second-order valence-corrected chi connectivity index (χ2v) is 17.6. The molecule has 7 atom stereocenters. The first-order valence-corrected chi connectivity index (χ1v) is 26.0. The Balaban J connectivity index is 2.36. The molecule has 0 bridgehead atoms. The largest absolute Gasteiger partial charge is 0.394 e. The Labute approximate surface area is 396 Å². The highest BCUT2D eigenvalue weighted by atomic mass is 16.7. The van der Waals surface area contributed by atoms with E-state index in [2.05, 4.69) is 104 Å². The highest BCUT2D eigenvalue weighted by Gasteiger charge is 2.44. The van der Waals surface area contributed by atoms with E-state index in [0.717, 1.165) is 70.6 Å². The summed E-state index contributed by atoms with van der Waals surface area (Å²) in [7, 11) is 0. The molecule has 1 amide bonds. The molecule has 1 rings (SSSR count). The smallest absolute Gasteiger partial charge is 0.220 e. The van der Waals surface area contributed by atoms with E-state index in [1.54, 1.807) is 6.08 Å². The summed E-state index contributed by atoms with van der Waals surface area (Å²) in [6.07, 6.45) is 57.4. The summed E-state index contributed by atoms with van der Waals surface area (Å²) < 4.78 is 11.2. The Bertz CT molecular complexity index is 1330. The van der Waals surface area contributed by atoms with Crippen LogP contribution in [0, 0.1) is 0 Å². The van der Waals surface area contributed by atoms with Crippen molar-refractivity contribution in [2.24, 2.45) is 0 Å². The van der Waals surface area contributed by atoms with Crippen molar-refractivity contribution in [2.75, 3.05) is 13.2 Å². The number of carbonyl (C=O) groups excluding carboxylic acids is 1. The van der Waals surface area contributed by atoms with Crippen molar-refractivity contribution in [3.05, 3.63) is 97.2 Å². The van der Waals surface area contributed by atoms with E-state index in [-0.39, 0.29) is 18.9 Å². The number of hydrogen-bond donors (Lipinski definition) is 6. The Hall–Kier alpha value is -2.89. The second-order valence-electron chi connectivity index (χ2n) is 17.6. The minimum atomic E-state index is -1.58. The number of carbonyl (C=O) groups is 1. The molecule has 65 heavy (non-hydrogen) atoms. The SMILES string of the molecule is CC/C=C\C/C=C\C/C=C\C/C=C\C/C=C\C/C=C\C/C=C\CCCC(=O)NC(COC1OC(CO)C(O)C(O)C1O)C(O)/C=C/CCCCCCCCCCCCCCCCCCC. The predicted molar refractivity (Wildman–Crippen MR) is 271 cm³/mol. The molecule has 0 saturated carbocycles. The molecule has 1 saturated heterocycles. The minimum Gasteiger partial charge on any atom is -0.394 e.